The summed E-state index contributed by atoms with van der Waals surface area (Å²) in [5, 5.41) is 0. The fourth-order valence-electron chi connectivity index (χ4n) is 1.85. The van der Waals surface area contributed by atoms with Crippen LogP contribution < -0.4 is 5.73 Å². The number of piperidine rings is 1. The predicted molar refractivity (Wildman–Crippen MR) is 54.7 cm³/mol. The first-order chi connectivity index (χ1) is 6.24. The molecule has 1 aliphatic heterocycles. The van der Waals surface area contributed by atoms with Gasteiger partial charge in [-0.15, -0.1) is 0 Å². The van der Waals surface area contributed by atoms with Crippen LogP contribution in [0.25, 0.3) is 0 Å². The van der Waals surface area contributed by atoms with Crippen LogP contribution in [0.5, 0.6) is 0 Å². The van der Waals surface area contributed by atoms with E-state index in [1.54, 1.807) is 0 Å². The molecule has 0 aliphatic carbocycles. The molecule has 0 amide bonds. The van der Waals surface area contributed by atoms with Gasteiger partial charge in [0.1, 0.15) is 0 Å². The molecular formula is C10H22N2O. The molecule has 2 N–H and O–H groups in total. The van der Waals surface area contributed by atoms with Crippen molar-refractivity contribution in [2.45, 2.75) is 38.8 Å². The molecule has 0 spiro atoms. The highest BCUT2D eigenvalue weighted by molar-refractivity contribution is 4.80. The molecule has 1 fully saturated rings. The summed E-state index contributed by atoms with van der Waals surface area (Å²) in [4.78, 5) is 2.43. The quantitative estimate of drug-likeness (QED) is 0.661. The third-order valence-corrected chi connectivity index (χ3v) is 2.77. The van der Waals surface area contributed by atoms with Crippen LogP contribution in [-0.4, -0.2) is 43.3 Å². The van der Waals surface area contributed by atoms with Crippen LogP contribution in [0.1, 0.15) is 26.7 Å². The monoisotopic (exact) mass is 186 g/mol. The molecule has 2 atom stereocenters. The zero-order chi connectivity index (χ0) is 9.68. The van der Waals surface area contributed by atoms with E-state index >= 15 is 0 Å². The van der Waals surface area contributed by atoms with E-state index in [0.717, 1.165) is 26.3 Å². The van der Waals surface area contributed by atoms with E-state index in [0.29, 0.717) is 12.1 Å². The van der Waals surface area contributed by atoms with Crippen LogP contribution in [0.4, 0.5) is 0 Å². The Labute approximate surface area is 81.2 Å². The normalized spacial score (nSPS) is 30.7. The molecule has 0 radical (unpaired) electrons. The van der Waals surface area contributed by atoms with Crippen molar-refractivity contribution in [3.05, 3.63) is 0 Å². The summed E-state index contributed by atoms with van der Waals surface area (Å²) in [5.74, 6) is 0. The Hall–Kier alpha value is -0.120. The fraction of sp³-hybridized carbons (Fsp3) is 1.00. The van der Waals surface area contributed by atoms with Gasteiger partial charge in [0.2, 0.25) is 0 Å². The van der Waals surface area contributed by atoms with E-state index in [4.69, 9.17) is 10.5 Å². The van der Waals surface area contributed by atoms with Crippen molar-refractivity contribution in [2.75, 3.05) is 26.3 Å². The van der Waals surface area contributed by atoms with Gasteiger partial charge in [-0.1, -0.05) is 0 Å². The Balaban J connectivity index is 2.21. The number of nitrogens with zero attached hydrogens (tertiary/aromatic N) is 1. The molecular weight excluding hydrogens is 164 g/mol. The van der Waals surface area contributed by atoms with Crippen LogP contribution in [-0.2, 0) is 4.74 Å². The minimum Gasteiger partial charge on any atom is -0.380 e. The number of hydrogen-bond donors (Lipinski definition) is 1. The zero-order valence-corrected chi connectivity index (χ0v) is 8.83. The average Bonchev–Trinajstić information content (AvgIpc) is 2.11. The first-order valence-corrected chi connectivity index (χ1v) is 5.31. The number of ether oxygens (including phenoxy) is 1. The van der Waals surface area contributed by atoms with Crippen LogP contribution in [0.2, 0.25) is 0 Å². The molecule has 0 bridgehead atoms. The van der Waals surface area contributed by atoms with Gasteiger partial charge in [0, 0.05) is 31.8 Å². The highest BCUT2D eigenvalue weighted by Crippen LogP contribution is 2.14. The first kappa shape index (κ1) is 11.0. The second kappa shape index (κ2) is 5.58. The minimum absolute atomic E-state index is 0.373. The summed E-state index contributed by atoms with van der Waals surface area (Å²) in [6.07, 6.45) is 2.40. The van der Waals surface area contributed by atoms with Crippen molar-refractivity contribution in [3.8, 4) is 0 Å². The van der Waals surface area contributed by atoms with E-state index in [9.17, 15) is 0 Å². The maximum atomic E-state index is 5.91. The van der Waals surface area contributed by atoms with Gasteiger partial charge in [0.15, 0.2) is 0 Å². The molecule has 1 saturated heterocycles. The van der Waals surface area contributed by atoms with Gasteiger partial charge in [0.25, 0.3) is 0 Å². The topological polar surface area (TPSA) is 38.5 Å². The summed E-state index contributed by atoms with van der Waals surface area (Å²) >= 11 is 0. The van der Waals surface area contributed by atoms with Gasteiger partial charge in [-0.2, -0.15) is 0 Å². The summed E-state index contributed by atoms with van der Waals surface area (Å²) < 4.78 is 5.34. The molecule has 1 aliphatic rings. The number of rotatable bonds is 4. The highest BCUT2D eigenvalue weighted by Gasteiger charge is 2.22. The molecule has 78 valence electrons. The van der Waals surface area contributed by atoms with Gasteiger partial charge in [0.05, 0.1) is 6.61 Å². The van der Waals surface area contributed by atoms with Crippen LogP contribution in [0.3, 0.4) is 0 Å². The summed E-state index contributed by atoms with van der Waals surface area (Å²) in [6.45, 7) is 8.03. The Morgan fingerprint density at radius 2 is 2.23 bits per heavy atom. The Morgan fingerprint density at radius 1 is 1.46 bits per heavy atom. The van der Waals surface area contributed by atoms with Crippen LogP contribution in [0, 0.1) is 0 Å². The number of likely N-dealkylation sites (tertiary alicyclic amines) is 1. The molecule has 0 saturated carbocycles. The highest BCUT2D eigenvalue weighted by atomic mass is 16.5. The molecule has 0 aromatic rings. The summed E-state index contributed by atoms with van der Waals surface area (Å²) in [7, 11) is 0. The second-order valence-corrected chi connectivity index (χ2v) is 3.88. The van der Waals surface area contributed by atoms with Gasteiger partial charge in [-0.3, -0.25) is 4.90 Å². The molecule has 3 heteroatoms. The Bertz CT molecular complexity index is 141. The average molecular weight is 186 g/mol. The van der Waals surface area contributed by atoms with Crippen molar-refractivity contribution in [1.82, 2.24) is 4.90 Å². The van der Waals surface area contributed by atoms with Crippen molar-refractivity contribution in [1.29, 1.82) is 0 Å². The number of hydrogen-bond acceptors (Lipinski definition) is 3. The largest absolute Gasteiger partial charge is 0.380 e. The third kappa shape index (κ3) is 3.63. The molecule has 0 aromatic heterocycles. The summed E-state index contributed by atoms with van der Waals surface area (Å²) in [5.41, 5.74) is 5.91. The number of nitrogens with two attached hydrogens (primary N) is 1. The maximum Gasteiger partial charge on any atom is 0.0593 e. The van der Waals surface area contributed by atoms with Crippen molar-refractivity contribution < 1.29 is 4.74 Å². The minimum atomic E-state index is 0.373. The van der Waals surface area contributed by atoms with E-state index < -0.39 is 0 Å². The maximum absolute atomic E-state index is 5.91. The van der Waals surface area contributed by atoms with Gasteiger partial charge in [-0.25, -0.2) is 0 Å². The Morgan fingerprint density at radius 3 is 2.92 bits per heavy atom. The van der Waals surface area contributed by atoms with Crippen molar-refractivity contribution >= 4 is 0 Å². The lowest BCUT2D eigenvalue weighted by Gasteiger charge is -2.36. The lowest BCUT2D eigenvalue weighted by molar-refractivity contribution is 0.0772. The van der Waals surface area contributed by atoms with Crippen molar-refractivity contribution in [2.24, 2.45) is 5.73 Å². The zero-order valence-electron chi connectivity index (χ0n) is 8.83. The molecule has 0 aromatic carbocycles. The molecule has 2 unspecified atom stereocenters. The Kier molecular flexibility index (Phi) is 4.70. The van der Waals surface area contributed by atoms with Crippen LogP contribution in [0.15, 0.2) is 0 Å². The van der Waals surface area contributed by atoms with Crippen molar-refractivity contribution in [3.63, 3.8) is 0 Å². The molecule has 13 heavy (non-hydrogen) atoms. The molecule has 3 nitrogen and oxygen atoms in total. The van der Waals surface area contributed by atoms with Crippen LogP contribution >= 0.6 is 0 Å². The van der Waals surface area contributed by atoms with Gasteiger partial charge >= 0.3 is 0 Å². The van der Waals surface area contributed by atoms with E-state index in [1.807, 2.05) is 6.92 Å². The van der Waals surface area contributed by atoms with Gasteiger partial charge < -0.3 is 10.5 Å². The third-order valence-electron chi connectivity index (χ3n) is 2.77. The smallest absolute Gasteiger partial charge is 0.0593 e. The first-order valence-electron chi connectivity index (χ1n) is 5.31. The van der Waals surface area contributed by atoms with E-state index in [2.05, 4.69) is 11.8 Å². The predicted octanol–water partition coefficient (Wildman–Crippen LogP) is 0.834. The summed E-state index contributed by atoms with van der Waals surface area (Å²) in [6, 6.07) is 1.05. The fourth-order valence-corrected chi connectivity index (χ4v) is 1.85. The lowest BCUT2D eigenvalue weighted by atomic mass is 10.0. The van der Waals surface area contributed by atoms with E-state index in [-0.39, 0.29) is 0 Å². The van der Waals surface area contributed by atoms with Gasteiger partial charge in [-0.05, 0) is 26.7 Å². The van der Waals surface area contributed by atoms with E-state index in [1.165, 1.54) is 12.8 Å². The second-order valence-electron chi connectivity index (χ2n) is 3.88. The molecule has 1 rings (SSSR count). The molecule has 1 heterocycles. The SMILES string of the molecule is CCOCCN1CC(N)CCC1C. The standard InChI is InChI=1S/C10H22N2O/c1-3-13-7-6-12-8-10(11)5-4-9(12)2/h9-10H,3-8,11H2,1-2H3. The lowest BCUT2D eigenvalue weighted by Crippen LogP contribution is -2.48.